The molecule has 0 radical (unpaired) electrons. The summed E-state index contributed by atoms with van der Waals surface area (Å²) in [5.41, 5.74) is 2.66. The van der Waals surface area contributed by atoms with Crippen molar-refractivity contribution < 1.29 is 57.6 Å². The summed E-state index contributed by atoms with van der Waals surface area (Å²) in [7, 11) is 0.982. The molecule has 0 unspecified atom stereocenters. The molecule has 0 bridgehead atoms. The van der Waals surface area contributed by atoms with Gasteiger partial charge in [-0.15, -0.1) is 0 Å². The van der Waals surface area contributed by atoms with Crippen LogP contribution in [0.2, 0.25) is 0 Å². The molecule has 1 fully saturated rings. The third-order valence-corrected chi connectivity index (χ3v) is 6.99. The summed E-state index contributed by atoms with van der Waals surface area (Å²) in [5.74, 6) is -7.66. The number of amides is 2. The van der Waals surface area contributed by atoms with Gasteiger partial charge >= 0.3 is 23.9 Å². The zero-order chi connectivity index (χ0) is 34.0. The summed E-state index contributed by atoms with van der Waals surface area (Å²) in [6.07, 6.45) is -6.89. The van der Waals surface area contributed by atoms with Crippen molar-refractivity contribution in [3.63, 3.8) is 0 Å². The molecule has 1 aliphatic rings. The molecule has 1 saturated heterocycles. The summed E-state index contributed by atoms with van der Waals surface area (Å²) in [4.78, 5) is 74.3. The fourth-order valence-electron chi connectivity index (χ4n) is 5.15. The fraction of sp³-hybridized carbons (Fsp3) is 0.438. The fourth-order valence-corrected chi connectivity index (χ4v) is 5.15. The third kappa shape index (κ3) is 9.84. The van der Waals surface area contributed by atoms with E-state index in [9.17, 15) is 33.9 Å². The highest BCUT2D eigenvalue weighted by Crippen LogP contribution is 2.34. The van der Waals surface area contributed by atoms with Crippen LogP contribution in [0.4, 0.5) is 0 Å². The van der Waals surface area contributed by atoms with Crippen LogP contribution in [-0.2, 0) is 58.9 Å². The lowest BCUT2D eigenvalue weighted by atomic mass is 9.88. The smallest absolute Gasteiger partial charge is 0.366 e. The van der Waals surface area contributed by atoms with E-state index >= 15 is 0 Å². The van der Waals surface area contributed by atoms with Crippen molar-refractivity contribution in [2.45, 2.75) is 76.8 Å². The molecule has 3 rings (SSSR count). The van der Waals surface area contributed by atoms with E-state index in [1.54, 1.807) is 12.1 Å². The van der Waals surface area contributed by atoms with E-state index in [4.69, 9.17) is 18.9 Å². The van der Waals surface area contributed by atoms with E-state index in [0.29, 0.717) is 5.56 Å². The number of hydrogen-bond acceptors (Lipinski definition) is 12. The Morgan fingerprint density at radius 1 is 0.891 bits per heavy atom. The van der Waals surface area contributed by atoms with Crippen molar-refractivity contribution in [3.05, 3.63) is 60.2 Å². The highest BCUT2D eigenvalue weighted by molar-refractivity contribution is 5.79. The van der Waals surface area contributed by atoms with Crippen molar-refractivity contribution in [2.75, 3.05) is 13.7 Å². The minimum Gasteiger partial charge on any atom is -0.465 e. The van der Waals surface area contributed by atoms with E-state index in [1.807, 2.05) is 42.5 Å². The van der Waals surface area contributed by atoms with Gasteiger partial charge in [-0.3, -0.25) is 24.0 Å². The Hall–Kier alpha value is -4.82. The van der Waals surface area contributed by atoms with Gasteiger partial charge in [0.05, 0.1) is 32.5 Å². The molecule has 0 spiro atoms. The number of rotatable bonds is 12. The minimum atomic E-state index is -2.73. The summed E-state index contributed by atoms with van der Waals surface area (Å²) >= 11 is 0. The Morgan fingerprint density at radius 2 is 1.50 bits per heavy atom. The topological polar surface area (TPSA) is 193 Å². The monoisotopic (exact) mass is 642 g/mol. The van der Waals surface area contributed by atoms with Gasteiger partial charge in [0, 0.05) is 27.7 Å². The number of esters is 4. The molecule has 14 nitrogen and oxygen atoms in total. The standard InChI is InChI=1S/C32H38N2O12/c1-18(35)34-28-25(43-19(2)36)16-32(41,31(40)42-5)46-30(28)29(45-21(4)38)26(44-20(3)37)17-33-27(39)15-22-11-13-24(14-12-22)23-9-7-6-8-10-23/h6-14,25-26,28-30,41H,15-17H2,1-5H3,(H,33,39)(H,34,35)/t25-,26+,28+,29+,30+,32+/m0/s1. The van der Waals surface area contributed by atoms with Crippen molar-refractivity contribution in [1.82, 2.24) is 10.6 Å². The normalized spacial score (nSPS) is 21.9. The first-order valence-electron chi connectivity index (χ1n) is 14.4. The lowest BCUT2D eigenvalue weighted by Crippen LogP contribution is -2.69. The molecule has 2 aromatic carbocycles. The Morgan fingerprint density at radius 3 is 2.04 bits per heavy atom. The number of nitrogens with one attached hydrogen (secondary N) is 2. The second kappa shape index (κ2) is 16.0. The lowest BCUT2D eigenvalue weighted by Gasteiger charge is -2.47. The maximum absolute atomic E-state index is 13.0. The van der Waals surface area contributed by atoms with Crippen molar-refractivity contribution >= 4 is 35.7 Å². The second-order valence-electron chi connectivity index (χ2n) is 10.7. The van der Waals surface area contributed by atoms with Crippen LogP contribution in [0, 0.1) is 0 Å². The number of hydrogen-bond donors (Lipinski definition) is 3. The number of aliphatic hydroxyl groups is 1. The number of benzene rings is 2. The summed E-state index contributed by atoms with van der Waals surface area (Å²) in [6.45, 7) is 3.93. The molecule has 14 heteroatoms. The molecule has 2 amide bonds. The Balaban J connectivity index is 1.90. The molecular weight excluding hydrogens is 604 g/mol. The van der Waals surface area contributed by atoms with Gasteiger partial charge in [0.2, 0.25) is 11.8 Å². The van der Waals surface area contributed by atoms with Crippen molar-refractivity contribution in [1.29, 1.82) is 0 Å². The predicted octanol–water partition coefficient (Wildman–Crippen LogP) is 0.963. The van der Waals surface area contributed by atoms with Gasteiger partial charge in [0.1, 0.15) is 12.2 Å². The van der Waals surface area contributed by atoms with Crippen LogP contribution < -0.4 is 10.6 Å². The van der Waals surface area contributed by atoms with Crippen LogP contribution in [0.15, 0.2) is 54.6 Å². The summed E-state index contributed by atoms with van der Waals surface area (Å²) < 4.78 is 26.6. The number of carbonyl (C=O) groups excluding carboxylic acids is 6. The van der Waals surface area contributed by atoms with E-state index in [2.05, 4.69) is 15.4 Å². The maximum atomic E-state index is 13.0. The second-order valence-corrected chi connectivity index (χ2v) is 10.7. The number of carbonyl (C=O) groups is 6. The molecule has 2 aromatic rings. The van der Waals surface area contributed by atoms with Gasteiger partial charge in [0.15, 0.2) is 12.2 Å². The van der Waals surface area contributed by atoms with Gasteiger partial charge in [-0.25, -0.2) is 4.79 Å². The van der Waals surface area contributed by atoms with E-state index in [-0.39, 0.29) is 6.42 Å². The Bertz CT molecular complexity index is 1410. The van der Waals surface area contributed by atoms with Crippen LogP contribution >= 0.6 is 0 Å². The molecule has 3 N–H and O–H groups in total. The van der Waals surface area contributed by atoms with E-state index < -0.39 is 84.9 Å². The lowest BCUT2D eigenvalue weighted by molar-refractivity contribution is -0.298. The molecule has 248 valence electrons. The van der Waals surface area contributed by atoms with Gasteiger partial charge in [0.25, 0.3) is 5.79 Å². The van der Waals surface area contributed by atoms with Gasteiger partial charge in [-0.2, -0.15) is 0 Å². The first-order chi connectivity index (χ1) is 21.7. The first-order valence-corrected chi connectivity index (χ1v) is 14.4. The highest BCUT2D eigenvalue weighted by Gasteiger charge is 2.57. The molecule has 0 aliphatic carbocycles. The number of methoxy groups -OCH3 is 1. The molecule has 0 aromatic heterocycles. The van der Waals surface area contributed by atoms with Gasteiger partial charge < -0.3 is 39.4 Å². The van der Waals surface area contributed by atoms with Crippen molar-refractivity contribution in [2.24, 2.45) is 0 Å². The van der Waals surface area contributed by atoms with Crippen LogP contribution in [0.5, 0.6) is 0 Å². The van der Waals surface area contributed by atoms with Crippen molar-refractivity contribution in [3.8, 4) is 11.1 Å². The minimum absolute atomic E-state index is 0.0504. The van der Waals surface area contributed by atoms with E-state index in [0.717, 1.165) is 45.9 Å². The summed E-state index contributed by atoms with van der Waals surface area (Å²) in [6, 6.07) is 15.7. The molecule has 1 aliphatic heterocycles. The Labute approximate surface area is 265 Å². The highest BCUT2D eigenvalue weighted by atomic mass is 16.7. The molecule has 0 saturated carbocycles. The summed E-state index contributed by atoms with van der Waals surface area (Å²) in [5, 5.41) is 16.3. The van der Waals surface area contributed by atoms with Crippen LogP contribution in [0.3, 0.4) is 0 Å². The van der Waals surface area contributed by atoms with Gasteiger partial charge in [-0.05, 0) is 16.7 Å². The van der Waals surface area contributed by atoms with Crippen LogP contribution in [0.25, 0.3) is 11.1 Å². The third-order valence-electron chi connectivity index (χ3n) is 6.99. The largest absolute Gasteiger partial charge is 0.465 e. The van der Waals surface area contributed by atoms with Crippen LogP contribution in [0.1, 0.15) is 39.7 Å². The average molecular weight is 643 g/mol. The average Bonchev–Trinajstić information content (AvgIpc) is 2.99. The molecule has 6 atom stereocenters. The SMILES string of the molecule is COC(=O)[C@@]1(O)C[C@H](OC(C)=O)[C@@H](NC(C)=O)[C@H]([C@H](OC(C)=O)[C@@H](CNC(=O)Cc2ccc(-c3ccccc3)cc2)OC(C)=O)O1. The van der Waals surface area contributed by atoms with E-state index in [1.165, 1.54) is 0 Å². The maximum Gasteiger partial charge on any atom is 0.366 e. The zero-order valence-electron chi connectivity index (χ0n) is 26.1. The van der Waals surface area contributed by atoms with Crippen LogP contribution in [-0.4, -0.2) is 90.7 Å². The number of ether oxygens (including phenoxy) is 5. The molecular formula is C32H38N2O12. The zero-order valence-corrected chi connectivity index (χ0v) is 26.1. The Kier molecular flexibility index (Phi) is 12.4. The quantitative estimate of drug-likeness (QED) is 0.220. The molecule has 1 heterocycles. The molecule has 46 heavy (non-hydrogen) atoms. The van der Waals surface area contributed by atoms with Gasteiger partial charge in [-0.1, -0.05) is 54.6 Å². The predicted molar refractivity (Wildman–Crippen MR) is 159 cm³/mol. The first kappa shape index (κ1) is 35.7.